The summed E-state index contributed by atoms with van der Waals surface area (Å²) in [5, 5.41) is 11.4. The summed E-state index contributed by atoms with van der Waals surface area (Å²) < 4.78 is 9.70. The van der Waals surface area contributed by atoms with E-state index in [2.05, 4.69) is 33.5 Å². The summed E-state index contributed by atoms with van der Waals surface area (Å²) in [4.78, 5) is 14.6. The van der Waals surface area contributed by atoms with Crippen molar-refractivity contribution in [1.29, 1.82) is 0 Å². The van der Waals surface area contributed by atoms with Crippen molar-refractivity contribution >= 4 is 5.91 Å². The molecular weight excluding hydrogens is 344 g/mol. The quantitative estimate of drug-likeness (QED) is 0.786. The number of carbonyl (C=O) groups is 1. The largest absolute Gasteiger partial charge is 0.372 e. The van der Waals surface area contributed by atoms with E-state index in [1.54, 1.807) is 24.0 Å². The normalized spacial score (nSPS) is 21.5. The van der Waals surface area contributed by atoms with Crippen molar-refractivity contribution in [2.45, 2.75) is 38.5 Å². The topological polar surface area (TPSA) is 77.2 Å². The smallest absolute Gasteiger partial charge is 0.269 e. The maximum atomic E-state index is 12.2. The number of rotatable bonds is 7. The van der Waals surface area contributed by atoms with E-state index in [0.29, 0.717) is 18.2 Å². The number of hydrogen-bond acceptors (Lipinski definition) is 5. The number of hydrogen-bond donors (Lipinski definition) is 1. The van der Waals surface area contributed by atoms with Gasteiger partial charge < -0.3 is 10.1 Å². The van der Waals surface area contributed by atoms with Crippen LogP contribution in [0.25, 0.3) is 0 Å². The van der Waals surface area contributed by atoms with Crippen LogP contribution in [0.4, 0.5) is 0 Å². The Bertz CT molecular complexity index is 792. The highest BCUT2D eigenvalue weighted by Crippen LogP contribution is 2.42. The molecule has 4 rings (SSSR count). The van der Waals surface area contributed by atoms with Gasteiger partial charge in [0, 0.05) is 64.3 Å². The zero-order valence-electron chi connectivity index (χ0n) is 16.1. The number of carbonyl (C=O) groups excluding carboxylic acids is 1. The minimum absolute atomic E-state index is 0.0298. The van der Waals surface area contributed by atoms with Crippen molar-refractivity contribution in [3.05, 3.63) is 35.9 Å². The molecule has 8 heteroatoms. The van der Waals surface area contributed by atoms with Crippen LogP contribution in [0.5, 0.6) is 0 Å². The first-order chi connectivity index (χ1) is 13.1. The van der Waals surface area contributed by atoms with Crippen molar-refractivity contribution < 1.29 is 9.53 Å². The molecule has 2 saturated heterocycles. The molecule has 0 bridgehead atoms. The second-order valence-electron chi connectivity index (χ2n) is 7.63. The Morgan fingerprint density at radius 1 is 1.41 bits per heavy atom. The standard InChI is InChI=1S/C19H28N6O2/c1-3-25-12-15(10-22-25)11-24-13-19(14-24)16(6-9-27-19)4-7-20-18(26)17-5-8-21-23(17)2/h5,8,10,12,16H,3-4,6-7,9,11,13-14H2,1-2H3,(H,20,26)/t16-/m1/s1. The number of nitrogens with one attached hydrogen (secondary N) is 1. The lowest BCUT2D eigenvalue weighted by atomic mass is 9.79. The molecule has 2 aliphatic heterocycles. The molecule has 27 heavy (non-hydrogen) atoms. The summed E-state index contributed by atoms with van der Waals surface area (Å²) >= 11 is 0. The predicted molar refractivity (Wildman–Crippen MR) is 100 cm³/mol. The molecule has 2 aromatic rings. The molecule has 0 aromatic carbocycles. The van der Waals surface area contributed by atoms with Crippen molar-refractivity contribution in [2.24, 2.45) is 13.0 Å². The van der Waals surface area contributed by atoms with Crippen LogP contribution in [0.1, 0.15) is 35.8 Å². The van der Waals surface area contributed by atoms with Gasteiger partial charge >= 0.3 is 0 Å². The molecule has 4 heterocycles. The third-order valence-electron chi connectivity index (χ3n) is 5.83. The molecule has 1 amide bonds. The lowest BCUT2D eigenvalue weighted by Gasteiger charge is -2.50. The van der Waals surface area contributed by atoms with E-state index in [1.165, 1.54) is 5.56 Å². The molecule has 1 spiro atoms. The Balaban J connectivity index is 1.25. The van der Waals surface area contributed by atoms with Crippen LogP contribution in [0.3, 0.4) is 0 Å². The molecule has 0 saturated carbocycles. The van der Waals surface area contributed by atoms with Gasteiger partial charge in [-0.1, -0.05) is 0 Å². The van der Waals surface area contributed by atoms with E-state index in [1.807, 2.05) is 10.9 Å². The third-order valence-corrected chi connectivity index (χ3v) is 5.83. The van der Waals surface area contributed by atoms with Crippen LogP contribution in [-0.2, 0) is 24.9 Å². The summed E-state index contributed by atoms with van der Waals surface area (Å²) in [7, 11) is 1.78. The average molecular weight is 372 g/mol. The maximum Gasteiger partial charge on any atom is 0.269 e. The zero-order valence-corrected chi connectivity index (χ0v) is 16.1. The molecule has 146 valence electrons. The number of amides is 1. The number of likely N-dealkylation sites (tertiary alicyclic amines) is 1. The monoisotopic (exact) mass is 372 g/mol. The van der Waals surface area contributed by atoms with Gasteiger partial charge in [-0.15, -0.1) is 0 Å². The van der Waals surface area contributed by atoms with Crippen molar-refractivity contribution in [3.8, 4) is 0 Å². The Morgan fingerprint density at radius 2 is 2.26 bits per heavy atom. The summed E-state index contributed by atoms with van der Waals surface area (Å²) in [5.74, 6) is 0.435. The van der Waals surface area contributed by atoms with Crippen LogP contribution in [0.2, 0.25) is 0 Å². The molecule has 2 aliphatic rings. The Labute approximate surface area is 159 Å². The van der Waals surface area contributed by atoms with Crippen LogP contribution >= 0.6 is 0 Å². The highest BCUT2D eigenvalue weighted by atomic mass is 16.5. The fourth-order valence-corrected chi connectivity index (χ4v) is 4.33. The van der Waals surface area contributed by atoms with E-state index in [9.17, 15) is 4.79 Å². The fraction of sp³-hybridized carbons (Fsp3) is 0.632. The number of nitrogens with zero attached hydrogens (tertiary/aromatic N) is 5. The predicted octanol–water partition coefficient (Wildman–Crippen LogP) is 1.05. The average Bonchev–Trinajstić information content (AvgIpc) is 3.34. The van der Waals surface area contributed by atoms with Crippen LogP contribution < -0.4 is 5.32 Å². The van der Waals surface area contributed by atoms with E-state index in [4.69, 9.17) is 4.74 Å². The fourth-order valence-electron chi connectivity index (χ4n) is 4.33. The molecule has 0 aliphatic carbocycles. The SMILES string of the molecule is CCn1cc(CN2CC3(C2)OCC[C@H]3CCNC(=O)c2ccnn2C)cn1. The summed E-state index contributed by atoms with van der Waals surface area (Å²) in [5.41, 5.74) is 1.82. The van der Waals surface area contributed by atoms with E-state index in [-0.39, 0.29) is 11.5 Å². The van der Waals surface area contributed by atoms with E-state index >= 15 is 0 Å². The second-order valence-corrected chi connectivity index (χ2v) is 7.63. The number of aryl methyl sites for hydroxylation is 2. The van der Waals surface area contributed by atoms with Gasteiger partial charge in [0.1, 0.15) is 5.69 Å². The number of aromatic nitrogens is 4. The molecule has 1 atom stereocenters. The lowest BCUT2D eigenvalue weighted by Crippen LogP contribution is -2.64. The van der Waals surface area contributed by atoms with Crippen LogP contribution in [0, 0.1) is 5.92 Å². The molecule has 8 nitrogen and oxygen atoms in total. The van der Waals surface area contributed by atoms with Crippen molar-refractivity contribution in [2.75, 3.05) is 26.2 Å². The lowest BCUT2D eigenvalue weighted by molar-refractivity contribution is -0.136. The third kappa shape index (κ3) is 3.64. The van der Waals surface area contributed by atoms with Crippen molar-refractivity contribution in [1.82, 2.24) is 29.8 Å². The van der Waals surface area contributed by atoms with Gasteiger partial charge in [-0.25, -0.2) is 0 Å². The first-order valence-electron chi connectivity index (χ1n) is 9.73. The van der Waals surface area contributed by atoms with Gasteiger partial charge in [-0.05, 0) is 31.7 Å². The minimum Gasteiger partial charge on any atom is -0.372 e. The molecule has 2 fully saturated rings. The van der Waals surface area contributed by atoms with Crippen molar-refractivity contribution in [3.63, 3.8) is 0 Å². The molecule has 1 N–H and O–H groups in total. The Morgan fingerprint density at radius 3 is 2.96 bits per heavy atom. The molecule has 0 unspecified atom stereocenters. The van der Waals surface area contributed by atoms with Crippen LogP contribution in [0.15, 0.2) is 24.7 Å². The highest BCUT2D eigenvalue weighted by molar-refractivity contribution is 5.92. The number of ether oxygens (including phenoxy) is 1. The Kier molecular flexibility index (Phi) is 5.01. The van der Waals surface area contributed by atoms with Gasteiger partial charge in [-0.3, -0.25) is 19.1 Å². The van der Waals surface area contributed by atoms with Gasteiger partial charge in [0.2, 0.25) is 0 Å². The minimum atomic E-state index is -0.0638. The van der Waals surface area contributed by atoms with Gasteiger partial charge in [0.25, 0.3) is 5.91 Å². The first kappa shape index (κ1) is 18.2. The maximum absolute atomic E-state index is 12.2. The second kappa shape index (κ2) is 7.44. The molecule has 0 radical (unpaired) electrons. The molecule has 2 aromatic heterocycles. The van der Waals surface area contributed by atoms with E-state index in [0.717, 1.165) is 45.6 Å². The summed E-state index contributed by atoms with van der Waals surface area (Å²) in [6, 6.07) is 1.74. The molecular formula is C19H28N6O2. The van der Waals surface area contributed by atoms with Gasteiger partial charge in [0.15, 0.2) is 0 Å². The van der Waals surface area contributed by atoms with Gasteiger partial charge in [-0.2, -0.15) is 10.2 Å². The Hall–Kier alpha value is -2.19. The van der Waals surface area contributed by atoms with Gasteiger partial charge in [0.05, 0.1) is 11.8 Å². The highest BCUT2D eigenvalue weighted by Gasteiger charge is 2.52. The summed E-state index contributed by atoms with van der Waals surface area (Å²) in [6.45, 7) is 7.34. The van der Waals surface area contributed by atoms with Crippen LogP contribution in [-0.4, -0.2) is 62.2 Å². The zero-order chi connectivity index (χ0) is 18.9. The summed E-state index contributed by atoms with van der Waals surface area (Å²) in [6.07, 6.45) is 7.73. The first-order valence-corrected chi connectivity index (χ1v) is 9.73. The van der Waals surface area contributed by atoms with E-state index < -0.39 is 0 Å².